The van der Waals surface area contributed by atoms with Crippen LogP contribution in [-0.2, 0) is 0 Å². The molecule has 6 heteroatoms. The van der Waals surface area contributed by atoms with Gasteiger partial charge in [0.15, 0.2) is 0 Å². The SMILES string of the molecule is CC1=NC(F)(F)C(F)(F)N1. The molecule has 0 aromatic heterocycles. The molecule has 1 aliphatic rings. The van der Waals surface area contributed by atoms with Gasteiger partial charge in [0.1, 0.15) is 5.84 Å². The van der Waals surface area contributed by atoms with E-state index in [2.05, 4.69) is 4.99 Å². The topological polar surface area (TPSA) is 24.4 Å². The monoisotopic (exact) mass is 156 g/mol. The van der Waals surface area contributed by atoms with Gasteiger partial charge in [-0.05, 0) is 6.92 Å². The van der Waals surface area contributed by atoms with Crippen LogP contribution in [0.4, 0.5) is 17.6 Å². The van der Waals surface area contributed by atoms with Gasteiger partial charge in [-0.1, -0.05) is 0 Å². The first-order valence-electron chi connectivity index (χ1n) is 2.45. The summed E-state index contributed by atoms with van der Waals surface area (Å²) in [4.78, 5) is 2.40. The molecular weight excluding hydrogens is 152 g/mol. The van der Waals surface area contributed by atoms with E-state index in [0.29, 0.717) is 0 Å². The first kappa shape index (κ1) is 7.30. The molecule has 1 N–H and O–H groups in total. The Kier molecular flexibility index (Phi) is 1.18. The van der Waals surface area contributed by atoms with Gasteiger partial charge >= 0.3 is 12.1 Å². The summed E-state index contributed by atoms with van der Waals surface area (Å²) in [5.74, 6) is -0.449. The molecule has 2 nitrogen and oxygen atoms in total. The van der Waals surface area contributed by atoms with Crippen molar-refractivity contribution >= 4 is 5.84 Å². The largest absolute Gasteiger partial charge is 0.427 e. The summed E-state index contributed by atoms with van der Waals surface area (Å²) in [6, 6.07) is -8.52. The Bertz CT molecular complexity index is 186. The van der Waals surface area contributed by atoms with E-state index in [1.54, 1.807) is 0 Å². The summed E-state index contributed by atoms with van der Waals surface area (Å²) in [6.07, 6.45) is 0. The van der Waals surface area contributed by atoms with Gasteiger partial charge in [-0.25, -0.2) is 0 Å². The maximum Gasteiger partial charge on any atom is 0.427 e. The summed E-state index contributed by atoms with van der Waals surface area (Å²) in [5, 5.41) is 1.25. The molecule has 0 spiro atoms. The molecule has 10 heavy (non-hydrogen) atoms. The second-order valence-electron chi connectivity index (χ2n) is 1.94. The lowest BCUT2D eigenvalue weighted by Gasteiger charge is -2.15. The molecule has 0 unspecified atom stereocenters. The highest BCUT2D eigenvalue weighted by molar-refractivity contribution is 5.82. The maximum absolute atomic E-state index is 12.0. The van der Waals surface area contributed by atoms with Gasteiger partial charge in [-0.2, -0.15) is 22.6 Å². The van der Waals surface area contributed by atoms with E-state index in [0.717, 1.165) is 6.92 Å². The summed E-state index contributed by atoms with van der Waals surface area (Å²) < 4.78 is 47.9. The highest BCUT2D eigenvalue weighted by atomic mass is 19.3. The van der Waals surface area contributed by atoms with Crippen LogP contribution in [0.3, 0.4) is 0 Å². The predicted octanol–water partition coefficient (Wildman–Crippen LogP) is 1.19. The van der Waals surface area contributed by atoms with Gasteiger partial charge in [-0.3, -0.25) is 0 Å². The van der Waals surface area contributed by atoms with Crippen molar-refractivity contribution in [3.63, 3.8) is 0 Å². The van der Waals surface area contributed by atoms with Crippen LogP contribution in [0, 0.1) is 0 Å². The minimum atomic E-state index is -4.29. The number of nitrogens with one attached hydrogen (secondary N) is 1. The first-order valence-corrected chi connectivity index (χ1v) is 2.45. The Morgan fingerprint density at radius 2 is 1.80 bits per heavy atom. The van der Waals surface area contributed by atoms with Crippen molar-refractivity contribution in [2.45, 2.75) is 19.0 Å². The van der Waals surface area contributed by atoms with Crippen LogP contribution in [0.2, 0.25) is 0 Å². The van der Waals surface area contributed by atoms with Crippen molar-refractivity contribution in [3.05, 3.63) is 0 Å². The zero-order chi connectivity index (χ0) is 7.99. The molecule has 0 radical (unpaired) electrons. The lowest BCUT2D eigenvalue weighted by molar-refractivity contribution is -0.200. The molecule has 0 saturated heterocycles. The van der Waals surface area contributed by atoms with Crippen molar-refractivity contribution in [2.24, 2.45) is 4.99 Å². The van der Waals surface area contributed by atoms with E-state index in [9.17, 15) is 17.6 Å². The summed E-state index contributed by atoms with van der Waals surface area (Å²) in [5.41, 5.74) is 0. The third kappa shape index (κ3) is 0.833. The van der Waals surface area contributed by atoms with Crippen LogP contribution in [0.1, 0.15) is 6.92 Å². The number of halogens is 4. The second-order valence-corrected chi connectivity index (χ2v) is 1.94. The minimum absolute atomic E-state index is 0.449. The number of rotatable bonds is 0. The standard InChI is InChI=1S/C4H4F4N2/c1-2-9-3(5,6)4(7,8)10-2/h1H3,(H,9,10). The fourth-order valence-electron chi connectivity index (χ4n) is 0.611. The highest BCUT2D eigenvalue weighted by Crippen LogP contribution is 2.36. The summed E-state index contributed by atoms with van der Waals surface area (Å²) in [6.45, 7) is 1.05. The van der Waals surface area contributed by atoms with Crippen molar-refractivity contribution in [1.82, 2.24) is 5.32 Å². The third-order valence-electron chi connectivity index (χ3n) is 1.02. The molecule has 0 saturated carbocycles. The van der Waals surface area contributed by atoms with Crippen molar-refractivity contribution < 1.29 is 17.6 Å². The van der Waals surface area contributed by atoms with Gasteiger partial charge in [0.25, 0.3) is 0 Å². The maximum atomic E-state index is 12.0. The molecule has 1 heterocycles. The molecule has 0 aromatic rings. The second kappa shape index (κ2) is 1.62. The molecule has 0 aliphatic carbocycles. The van der Waals surface area contributed by atoms with Crippen LogP contribution < -0.4 is 5.32 Å². The van der Waals surface area contributed by atoms with Gasteiger partial charge in [0.05, 0.1) is 0 Å². The van der Waals surface area contributed by atoms with Gasteiger partial charge in [-0.15, -0.1) is 0 Å². The molecule has 0 bridgehead atoms. The van der Waals surface area contributed by atoms with Crippen LogP contribution in [-0.4, -0.2) is 17.9 Å². The van der Waals surface area contributed by atoms with E-state index in [4.69, 9.17) is 0 Å². The third-order valence-corrected chi connectivity index (χ3v) is 1.02. The molecule has 0 aromatic carbocycles. The van der Waals surface area contributed by atoms with Crippen LogP contribution in [0.15, 0.2) is 4.99 Å². The average molecular weight is 156 g/mol. The molecule has 1 rings (SSSR count). The van der Waals surface area contributed by atoms with E-state index in [-0.39, 0.29) is 0 Å². The van der Waals surface area contributed by atoms with Gasteiger partial charge < -0.3 is 5.32 Å². The fourth-order valence-corrected chi connectivity index (χ4v) is 0.611. The number of nitrogens with zero attached hydrogens (tertiary/aromatic N) is 1. The summed E-state index contributed by atoms with van der Waals surface area (Å²) in [7, 11) is 0. The lowest BCUT2D eigenvalue weighted by Crippen LogP contribution is -2.45. The number of hydrogen-bond donors (Lipinski definition) is 1. The summed E-state index contributed by atoms with van der Waals surface area (Å²) >= 11 is 0. The Morgan fingerprint density at radius 3 is 1.90 bits per heavy atom. The fraction of sp³-hybridized carbons (Fsp3) is 0.750. The van der Waals surface area contributed by atoms with Gasteiger partial charge in [0.2, 0.25) is 0 Å². The van der Waals surface area contributed by atoms with E-state index >= 15 is 0 Å². The Morgan fingerprint density at radius 1 is 1.30 bits per heavy atom. The molecule has 1 aliphatic heterocycles. The molecule has 58 valence electrons. The molecular formula is C4H4F4N2. The van der Waals surface area contributed by atoms with E-state index < -0.39 is 17.9 Å². The van der Waals surface area contributed by atoms with Crippen molar-refractivity contribution in [2.75, 3.05) is 0 Å². The average Bonchev–Trinajstić information content (AvgIpc) is 1.73. The molecule has 0 atom stereocenters. The Balaban J connectivity index is 2.92. The van der Waals surface area contributed by atoms with E-state index in [1.807, 2.05) is 0 Å². The quantitative estimate of drug-likeness (QED) is 0.413. The van der Waals surface area contributed by atoms with Crippen LogP contribution in [0.25, 0.3) is 0 Å². The highest BCUT2D eigenvalue weighted by Gasteiger charge is 2.61. The molecule has 0 fully saturated rings. The van der Waals surface area contributed by atoms with Gasteiger partial charge in [0, 0.05) is 0 Å². The van der Waals surface area contributed by atoms with E-state index in [1.165, 1.54) is 5.32 Å². The number of hydrogen-bond acceptors (Lipinski definition) is 2. The number of aliphatic imine (C=N–C) groups is 1. The number of amidine groups is 1. The zero-order valence-electron chi connectivity index (χ0n) is 4.96. The van der Waals surface area contributed by atoms with Crippen LogP contribution >= 0.6 is 0 Å². The smallest absolute Gasteiger partial charge is 0.308 e. The number of alkyl halides is 4. The zero-order valence-corrected chi connectivity index (χ0v) is 4.96. The lowest BCUT2D eigenvalue weighted by atomic mass is 10.5. The minimum Gasteiger partial charge on any atom is -0.308 e. The van der Waals surface area contributed by atoms with Crippen LogP contribution in [0.5, 0.6) is 0 Å². The Labute approximate surface area is 53.9 Å². The predicted molar refractivity (Wildman–Crippen MR) is 26.1 cm³/mol. The van der Waals surface area contributed by atoms with Crippen molar-refractivity contribution in [3.8, 4) is 0 Å². The van der Waals surface area contributed by atoms with Crippen molar-refractivity contribution in [1.29, 1.82) is 0 Å². The molecule has 0 amide bonds. The first-order chi connectivity index (χ1) is 4.35. The normalized spacial score (nSPS) is 27.5. The Hall–Kier alpha value is -0.810.